The molecule has 7 heteroatoms. The fraction of sp³-hybridized carbons (Fsp3) is 0.273. The molecule has 0 fully saturated rings. The van der Waals surface area contributed by atoms with Crippen LogP contribution in [-0.2, 0) is 9.53 Å². The van der Waals surface area contributed by atoms with Gasteiger partial charge in [0.1, 0.15) is 24.7 Å². The van der Waals surface area contributed by atoms with Crippen LogP contribution in [0.5, 0.6) is 11.5 Å². The van der Waals surface area contributed by atoms with Crippen molar-refractivity contribution in [1.82, 2.24) is 10.2 Å². The van der Waals surface area contributed by atoms with Crippen molar-refractivity contribution in [2.75, 3.05) is 27.4 Å². The highest BCUT2D eigenvalue weighted by atomic mass is 16.6. The number of methoxy groups -OCH3 is 1. The molecule has 0 bridgehead atoms. The molecule has 1 aliphatic rings. The largest absolute Gasteiger partial charge is 0.496 e. The van der Waals surface area contributed by atoms with Crippen molar-refractivity contribution in [2.45, 2.75) is 13.0 Å². The molecule has 2 aromatic rings. The summed E-state index contributed by atoms with van der Waals surface area (Å²) in [5, 5.41) is 2.85. The van der Waals surface area contributed by atoms with Crippen LogP contribution >= 0.6 is 0 Å². The number of para-hydroxylation sites is 2. The van der Waals surface area contributed by atoms with Gasteiger partial charge in [-0.3, -0.25) is 0 Å². The van der Waals surface area contributed by atoms with Gasteiger partial charge in [0.15, 0.2) is 0 Å². The fourth-order valence-electron chi connectivity index (χ4n) is 3.13. The Balaban J connectivity index is 1.77. The monoisotopic (exact) mass is 396 g/mol. The maximum absolute atomic E-state index is 12.9. The lowest BCUT2D eigenvalue weighted by atomic mass is 9.94. The first-order chi connectivity index (χ1) is 14.0. The third-order valence-electron chi connectivity index (χ3n) is 4.75. The number of rotatable bonds is 7. The second-order valence-corrected chi connectivity index (χ2v) is 6.48. The third-order valence-corrected chi connectivity index (χ3v) is 4.75. The maximum Gasteiger partial charge on any atom is 0.338 e. The van der Waals surface area contributed by atoms with Crippen LogP contribution in [0.4, 0.5) is 4.79 Å². The Morgan fingerprint density at radius 1 is 1.07 bits per heavy atom. The molecule has 7 nitrogen and oxygen atoms in total. The van der Waals surface area contributed by atoms with E-state index in [4.69, 9.17) is 14.2 Å². The molecular weight excluding hydrogens is 372 g/mol. The van der Waals surface area contributed by atoms with Gasteiger partial charge in [-0.1, -0.05) is 36.4 Å². The molecule has 0 spiro atoms. The Labute approximate surface area is 169 Å². The molecule has 0 saturated carbocycles. The number of benzene rings is 2. The van der Waals surface area contributed by atoms with Crippen LogP contribution < -0.4 is 14.8 Å². The minimum atomic E-state index is -0.669. The smallest absolute Gasteiger partial charge is 0.338 e. The molecule has 29 heavy (non-hydrogen) atoms. The van der Waals surface area contributed by atoms with Crippen molar-refractivity contribution in [2.24, 2.45) is 0 Å². The van der Waals surface area contributed by atoms with Gasteiger partial charge >= 0.3 is 12.0 Å². The molecule has 2 amide bonds. The van der Waals surface area contributed by atoms with Crippen LogP contribution in [0.25, 0.3) is 0 Å². The number of allylic oxidation sites excluding steroid dienone is 1. The molecule has 1 N–H and O–H groups in total. The van der Waals surface area contributed by atoms with Gasteiger partial charge < -0.3 is 24.4 Å². The zero-order chi connectivity index (χ0) is 20.8. The molecule has 0 unspecified atom stereocenters. The molecule has 0 radical (unpaired) electrons. The molecule has 0 aliphatic carbocycles. The summed E-state index contributed by atoms with van der Waals surface area (Å²) in [6, 6.07) is 15.6. The molecule has 2 aromatic carbocycles. The van der Waals surface area contributed by atoms with E-state index in [9.17, 15) is 9.59 Å². The number of hydrogen-bond acceptors (Lipinski definition) is 5. The molecule has 0 saturated heterocycles. The number of ether oxygens (including phenoxy) is 3. The molecular formula is C22H24N2O5. The Morgan fingerprint density at radius 2 is 1.76 bits per heavy atom. The zero-order valence-electron chi connectivity index (χ0n) is 16.7. The number of hydrogen-bond donors (Lipinski definition) is 1. The van der Waals surface area contributed by atoms with Gasteiger partial charge in [-0.2, -0.15) is 0 Å². The van der Waals surface area contributed by atoms with Crippen molar-refractivity contribution in [3.05, 3.63) is 71.4 Å². The normalized spacial score (nSPS) is 16.3. The summed E-state index contributed by atoms with van der Waals surface area (Å²) in [5.41, 5.74) is 1.57. The topological polar surface area (TPSA) is 77.1 Å². The Kier molecular flexibility index (Phi) is 6.39. The van der Waals surface area contributed by atoms with Crippen molar-refractivity contribution in [3.63, 3.8) is 0 Å². The van der Waals surface area contributed by atoms with E-state index < -0.39 is 12.0 Å². The number of nitrogens with one attached hydrogen (secondary N) is 1. The first-order valence-electron chi connectivity index (χ1n) is 9.25. The predicted octanol–water partition coefficient (Wildman–Crippen LogP) is 3.29. The quantitative estimate of drug-likeness (QED) is 0.574. The summed E-state index contributed by atoms with van der Waals surface area (Å²) < 4.78 is 16.4. The van der Waals surface area contributed by atoms with Crippen molar-refractivity contribution in [3.8, 4) is 11.5 Å². The zero-order valence-corrected chi connectivity index (χ0v) is 16.7. The Bertz CT molecular complexity index is 910. The van der Waals surface area contributed by atoms with Crippen molar-refractivity contribution >= 4 is 12.0 Å². The first-order valence-corrected chi connectivity index (χ1v) is 9.25. The molecule has 1 heterocycles. The van der Waals surface area contributed by atoms with Gasteiger partial charge in [0, 0.05) is 18.3 Å². The second-order valence-electron chi connectivity index (χ2n) is 6.48. The number of urea groups is 1. The van der Waals surface area contributed by atoms with E-state index in [0.717, 1.165) is 0 Å². The standard InChI is InChI=1S/C22H24N2O5/c1-15-19(21(25)29-14-13-28-16-9-5-4-6-10-16)20(23-22(26)24(15)2)17-11-7-8-12-18(17)27-3/h4-12,20H,13-14H2,1-3H3,(H,23,26)/t20-/m0/s1. The highest BCUT2D eigenvalue weighted by Crippen LogP contribution is 2.35. The Morgan fingerprint density at radius 3 is 2.48 bits per heavy atom. The first kappa shape index (κ1) is 20.3. The van der Waals surface area contributed by atoms with E-state index in [0.29, 0.717) is 28.3 Å². The number of nitrogens with zero attached hydrogens (tertiary/aromatic N) is 1. The van der Waals surface area contributed by atoms with Gasteiger partial charge in [0.25, 0.3) is 0 Å². The van der Waals surface area contributed by atoms with Gasteiger partial charge in [0.2, 0.25) is 0 Å². The summed E-state index contributed by atoms with van der Waals surface area (Å²) >= 11 is 0. The summed E-state index contributed by atoms with van der Waals surface area (Å²) in [5.74, 6) is 0.769. The molecule has 1 atom stereocenters. The highest BCUT2D eigenvalue weighted by Gasteiger charge is 2.36. The molecule has 0 aromatic heterocycles. The van der Waals surface area contributed by atoms with Crippen LogP contribution in [0.2, 0.25) is 0 Å². The van der Waals surface area contributed by atoms with E-state index in [1.807, 2.05) is 48.5 Å². The van der Waals surface area contributed by atoms with Crippen LogP contribution in [-0.4, -0.2) is 44.3 Å². The number of carbonyl (C=O) groups excluding carboxylic acids is 2. The van der Waals surface area contributed by atoms with E-state index in [2.05, 4.69) is 5.32 Å². The van der Waals surface area contributed by atoms with Gasteiger partial charge in [0.05, 0.1) is 18.7 Å². The highest BCUT2D eigenvalue weighted by molar-refractivity contribution is 5.95. The molecule has 3 rings (SSSR count). The second kappa shape index (κ2) is 9.14. The van der Waals surface area contributed by atoms with E-state index in [-0.39, 0.29) is 19.2 Å². The average Bonchev–Trinajstić information content (AvgIpc) is 2.75. The Hall–Kier alpha value is -3.48. The fourth-order valence-corrected chi connectivity index (χ4v) is 3.13. The summed E-state index contributed by atoms with van der Waals surface area (Å²) in [6.07, 6.45) is 0. The van der Waals surface area contributed by atoms with Crippen molar-refractivity contribution < 1.29 is 23.8 Å². The molecule has 152 valence electrons. The van der Waals surface area contributed by atoms with Gasteiger partial charge in [-0.25, -0.2) is 9.59 Å². The van der Waals surface area contributed by atoms with Crippen LogP contribution in [0.1, 0.15) is 18.5 Å². The van der Waals surface area contributed by atoms with Crippen molar-refractivity contribution in [1.29, 1.82) is 0 Å². The number of carbonyl (C=O) groups is 2. The minimum Gasteiger partial charge on any atom is -0.496 e. The van der Waals surface area contributed by atoms with E-state index >= 15 is 0 Å². The number of amides is 2. The summed E-state index contributed by atoms with van der Waals surface area (Å²) in [6.45, 7) is 2.03. The van der Waals surface area contributed by atoms with E-state index in [1.54, 1.807) is 27.1 Å². The maximum atomic E-state index is 12.9. The van der Waals surface area contributed by atoms with Crippen LogP contribution in [0, 0.1) is 0 Å². The average molecular weight is 396 g/mol. The lowest BCUT2D eigenvalue weighted by Crippen LogP contribution is -2.46. The lowest BCUT2D eigenvalue weighted by molar-refractivity contribution is -0.140. The third kappa shape index (κ3) is 4.51. The van der Waals surface area contributed by atoms with Crippen LogP contribution in [0.3, 0.4) is 0 Å². The molecule has 1 aliphatic heterocycles. The van der Waals surface area contributed by atoms with Gasteiger partial charge in [-0.05, 0) is 25.1 Å². The van der Waals surface area contributed by atoms with Gasteiger partial charge in [-0.15, -0.1) is 0 Å². The SMILES string of the molecule is COc1ccccc1[C@@H]1NC(=O)N(C)C(C)=C1C(=O)OCCOc1ccccc1. The summed E-state index contributed by atoms with van der Waals surface area (Å²) in [4.78, 5) is 26.6. The van der Waals surface area contributed by atoms with E-state index in [1.165, 1.54) is 4.90 Å². The number of esters is 1. The minimum absolute atomic E-state index is 0.0841. The van der Waals surface area contributed by atoms with Crippen LogP contribution in [0.15, 0.2) is 65.9 Å². The predicted molar refractivity (Wildman–Crippen MR) is 108 cm³/mol. The lowest BCUT2D eigenvalue weighted by Gasteiger charge is -2.33. The summed E-state index contributed by atoms with van der Waals surface area (Å²) in [7, 11) is 3.15.